The molecule has 3 heteroatoms. The van der Waals surface area contributed by atoms with E-state index in [1.165, 1.54) is 11.1 Å². The predicted octanol–water partition coefficient (Wildman–Crippen LogP) is 4.61. The molecule has 1 aromatic rings. The maximum Gasteiger partial charge on any atom is 0.115 e. The number of alkyl halides is 1. The molecule has 0 aliphatic heterocycles. The number of aromatic hydroxyl groups is 1. The van der Waals surface area contributed by atoms with Crippen molar-refractivity contribution < 1.29 is 5.11 Å². The van der Waals surface area contributed by atoms with E-state index in [0.717, 1.165) is 25.7 Å². The van der Waals surface area contributed by atoms with Gasteiger partial charge in [0.05, 0.1) is 6.07 Å². The van der Waals surface area contributed by atoms with Crippen LogP contribution in [0.5, 0.6) is 5.75 Å². The van der Waals surface area contributed by atoms with Gasteiger partial charge in [0.1, 0.15) is 5.75 Å². The Kier molecular flexibility index (Phi) is 3.88. The van der Waals surface area contributed by atoms with Gasteiger partial charge in [-0.25, -0.2) is 0 Å². The second-order valence-electron chi connectivity index (χ2n) is 6.99. The summed E-state index contributed by atoms with van der Waals surface area (Å²) in [5.74, 6) is 2.48. The summed E-state index contributed by atoms with van der Waals surface area (Å²) in [5.41, 5.74) is 2.78. The van der Waals surface area contributed by atoms with Crippen molar-refractivity contribution in [3.05, 3.63) is 29.3 Å². The number of benzene rings is 1. The van der Waals surface area contributed by atoms with Crippen molar-refractivity contribution in [1.29, 1.82) is 5.26 Å². The normalized spacial score (nSPS) is 34.6. The molecule has 2 aliphatic carbocycles. The Hall–Kier alpha value is -1.20. The van der Waals surface area contributed by atoms with Crippen LogP contribution >= 0.6 is 11.6 Å². The number of nitrogens with zero attached hydrogens (tertiary/aromatic N) is 1. The van der Waals surface area contributed by atoms with E-state index in [2.05, 4.69) is 19.1 Å². The van der Waals surface area contributed by atoms with Crippen LogP contribution in [0.1, 0.15) is 49.7 Å². The number of halogens is 1. The third kappa shape index (κ3) is 2.42. The van der Waals surface area contributed by atoms with Gasteiger partial charge in [-0.3, -0.25) is 0 Å². The molecule has 0 aromatic heterocycles. The van der Waals surface area contributed by atoms with E-state index in [0.29, 0.717) is 35.8 Å². The number of nitriles is 1. The van der Waals surface area contributed by atoms with Gasteiger partial charge in [-0.1, -0.05) is 13.0 Å². The highest BCUT2D eigenvalue weighted by Gasteiger charge is 2.47. The van der Waals surface area contributed by atoms with Crippen LogP contribution in [0.15, 0.2) is 18.2 Å². The second kappa shape index (κ2) is 5.54. The van der Waals surface area contributed by atoms with Crippen molar-refractivity contribution in [2.45, 2.75) is 44.9 Å². The van der Waals surface area contributed by atoms with Crippen LogP contribution in [0.25, 0.3) is 0 Å². The van der Waals surface area contributed by atoms with E-state index in [1.807, 2.05) is 6.07 Å². The molecule has 1 saturated carbocycles. The summed E-state index contributed by atoms with van der Waals surface area (Å²) >= 11 is 6.26. The molecular formula is C18H22ClNO. The molecule has 1 fully saturated rings. The first-order chi connectivity index (χ1) is 10.1. The topological polar surface area (TPSA) is 44.0 Å². The summed E-state index contributed by atoms with van der Waals surface area (Å²) in [6.07, 6.45) is 4.96. The largest absolute Gasteiger partial charge is 0.508 e. The molecule has 21 heavy (non-hydrogen) atoms. The van der Waals surface area contributed by atoms with Gasteiger partial charge in [-0.2, -0.15) is 5.26 Å². The van der Waals surface area contributed by atoms with Crippen LogP contribution < -0.4 is 0 Å². The molecule has 2 nitrogen and oxygen atoms in total. The van der Waals surface area contributed by atoms with E-state index < -0.39 is 0 Å². The minimum absolute atomic E-state index is 0.0902. The van der Waals surface area contributed by atoms with E-state index in [9.17, 15) is 10.4 Å². The lowest BCUT2D eigenvalue weighted by Crippen LogP contribution is -2.43. The molecule has 0 heterocycles. The van der Waals surface area contributed by atoms with Gasteiger partial charge in [-0.05, 0) is 72.1 Å². The monoisotopic (exact) mass is 303 g/mol. The highest BCUT2D eigenvalue weighted by atomic mass is 35.5. The summed E-state index contributed by atoms with van der Waals surface area (Å²) < 4.78 is 0. The second-order valence-corrected chi connectivity index (χ2v) is 7.25. The highest BCUT2D eigenvalue weighted by Crippen LogP contribution is 2.56. The average molecular weight is 304 g/mol. The Morgan fingerprint density at radius 3 is 2.95 bits per heavy atom. The van der Waals surface area contributed by atoms with Crippen LogP contribution in [-0.2, 0) is 6.42 Å². The first-order valence-corrected chi connectivity index (χ1v) is 8.37. The number of phenolic OH excluding ortho intramolecular Hbond substituents is 1. The molecule has 0 saturated heterocycles. The zero-order valence-electron chi connectivity index (χ0n) is 12.5. The predicted molar refractivity (Wildman–Crippen MR) is 84.4 cm³/mol. The van der Waals surface area contributed by atoms with Crippen LogP contribution in [0.2, 0.25) is 0 Å². The standard InChI is InChI=1S/C18H22ClNO/c1-18(11-19)8-6-15-14-5-3-13(21)10-12(14)2-4-16(15)17(18)7-9-20/h3,5,10,15-17,21H,2,4,6-8,11H2,1H3. The highest BCUT2D eigenvalue weighted by molar-refractivity contribution is 6.18. The molecule has 1 aromatic carbocycles. The number of hydrogen-bond acceptors (Lipinski definition) is 2. The van der Waals surface area contributed by atoms with E-state index in [1.54, 1.807) is 6.07 Å². The fourth-order valence-electron chi connectivity index (χ4n) is 4.63. The van der Waals surface area contributed by atoms with Gasteiger partial charge in [0.15, 0.2) is 0 Å². The fraction of sp³-hybridized carbons (Fsp3) is 0.611. The summed E-state index contributed by atoms with van der Waals surface area (Å²) in [6, 6.07) is 8.20. The molecule has 2 aliphatic rings. The first-order valence-electron chi connectivity index (χ1n) is 7.84. The maximum absolute atomic E-state index is 9.68. The number of phenols is 1. The van der Waals surface area contributed by atoms with Crippen LogP contribution in [0.3, 0.4) is 0 Å². The van der Waals surface area contributed by atoms with E-state index >= 15 is 0 Å². The first kappa shape index (κ1) is 14.7. The lowest BCUT2D eigenvalue weighted by Gasteiger charge is -2.50. The van der Waals surface area contributed by atoms with Crippen molar-refractivity contribution >= 4 is 11.6 Å². The molecule has 0 spiro atoms. The van der Waals surface area contributed by atoms with Gasteiger partial charge in [0.25, 0.3) is 0 Å². The lowest BCUT2D eigenvalue weighted by atomic mass is 9.54. The summed E-state index contributed by atoms with van der Waals surface area (Å²) in [5, 5.41) is 18.9. The van der Waals surface area contributed by atoms with Gasteiger partial charge >= 0.3 is 0 Å². The Morgan fingerprint density at radius 2 is 2.24 bits per heavy atom. The zero-order valence-corrected chi connectivity index (χ0v) is 13.2. The lowest BCUT2D eigenvalue weighted by molar-refractivity contribution is 0.0523. The Labute approximate surface area is 131 Å². The van der Waals surface area contributed by atoms with Gasteiger partial charge in [0.2, 0.25) is 0 Å². The van der Waals surface area contributed by atoms with Crippen molar-refractivity contribution in [2.24, 2.45) is 17.3 Å². The van der Waals surface area contributed by atoms with E-state index in [4.69, 9.17) is 11.6 Å². The number of aryl methyl sites for hydroxylation is 1. The van der Waals surface area contributed by atoms with E-state index in [-0.39, 0.29) is 5.41 Å². The van der Waals surface area contributed by atoms with Crippen molar-refractivity contribution in [1.82, 2.24) is 0 Å². The molecule has 0 bridgehead atoms. The van der Waals surface area contributed by atoms with Gasteiger partial charge in [0, 0.05) is 12.3 Å². The van der Waals surface area contributed by atoms with Crippen molar-refractivity contribution in [3.8, 4) is 11.8 Å². The summed E-state index contributed by atoms with van der Waals surface area (Å²) in [4.78, 5) is 0. The maximum atomic E-state index is 9.68. The summed E-state index contributed by atoms with van der Waals surface area (Å²) in [7, 11) is 0. The molecule has 0 amide bonds. The number of rotatable bonds is 2. The molecule has 0 radical (unpaired) electrons. The fourth-order valence-corrected chi connectivity index (χ4v) is 4.96. The van der Waals surface area contributed by atoms with Crippen molar-refractivity contribution in [3.63, 3.8) is 0 Å². The molecule has 4 atom stereocenters. The Bertz CT molecular complexity index is 579. The quantitative estimate of drug-likeness (QED) is 0.811. The number of fused-ring (bicyclic) bond motifs is 3. The minimum atomic E-state index is 0.0902. The molecule has 3 rings (SSSR count). The van der Waals surface area contributed by atoms with Gasteiger partial charge < -0.3 is 5.11 Å². The number of hydrogen-bond donors (Lipinski definition) is 1. The SMILES string of the molecule is CC1(CCl)CCC2c3ccc(O)cc3CCC2C1CC#N. The minimum Gasteiger partial charge on any atom is -0.508 e. The average Bonchev–Trinajstić information content (AvgIpc) is 2.49. The molecule has 1 N–H and O–H groups in total. The van der Waals surface area contributed by atoms with Gasteiger partial charge in [-0.15, -0.1) is 11.6 Å². The Morgan fingerprint density at radius 1 is 1.43 bits per heavy atom. The molecule has 4 unspecified atom stereocenters. The Balaban J connectivity index is 1.96. The molecule has 112 valence electrons. The van der Waals surface area contributed by atoms with Crippen LogP contribution in [-0.4, -0.2) is 11.0 Å². The summed E-state index contributed by atoms with van der Waals surface area (Å²) in [6.45, 7) is 2.25. The third-order valence-electron chi connectivity index (χ3n) is 5.84. The van der Waals surface area contributed by atoms with Crippen molar-refractivity contribution in [2.75, 3.05) is 5.88 Å². The third-order valence-corrected chi connectivity index (χ3v) is 6.46. The smallest absolute Gasteiger partial charge is 0.115 e. The van der Waals surface area contributed by atoms with Crippen LogP contribution in [0.4, 0.5) is 0 Å². The van der Waals surface area contributed by atoms with Crippen LogP contribution in [0, 0.1) is 28.6 Å². The molecular weight excluding hydrogens is 282 g/mol. The zero-order chi connectivity index (χ0) is 15.0.